The molecule has 0 aliphatic rings. The Morgan fingerprint density at radius 3 is 2.09 bits per heavy atom. The highest BCUT2D eigenvalue weighted by Gasteiger charge is 2.29. The van der Waals surface area contributed by atoms with E-state index in [1.165, 1.54) is 0 Å². The van der Waals surface area contributed by atoms with Gasteiger partial charge in [-0.15, -0.1) is 0 Å². The molecule has 3 rings (SSSR count). The van der Waals surface area contributed by atoms with Gasteiger partial charge in [0.2, 0.25) is 0 Å². The Kier molecular flexibility index (Phi) is 3.80. The molecule has 0 saturated heterocycles. The van der Waals surface area contributed by atoms with Crippen molar-refractivity contribution in [2.24, 2.45) is 0 Å². The van der Waals surface area contributed by atoms with Crippen LogP contribution in [0.15, 0.2) is 60.7 Å². The van der Waals surface area contributed by atoms with Gasteiger partial charge in [-0.05, 0) is 17.0 Å². The van der Waals surface area contributed by atoms with Gasteiger partial charge in [0.1, 0.15) is 0 Å². The maximum absolute atomic E-state index is 12.4. The molecule has 5 heteroatoms. The summed E-state index contributed by atoms with van der Waals surface area (Å²) in [4.78, 5) is 1.12. The highest BCUT2D eigenvalue weighted by Crippen LogP contribution is 2.30. The van der Waals surface area contributed by atoms with E-state index in [0.717, 1.165) is 11.1 Å². The van der Waals surface area contributed by atoms with Crippen LogP contribution in [0.5, 0.6) is 0 Å². The van der Waals surface area contributed by atoms with E-state index in [2.05, 4.69) is 0 Å². The van der Waals surface area contributed by atoms with Gasteiger partial charge in [0.15, 0.2) is 5.69 Å². The summed E-state index contributed by atoms with van der Waals surface area (Å²) in [6.45, 7) is 0.226. The quantitative estimate of drug-likeness (QED) is 0.457. The maximum Gasteiger partial charge on any atom is 0.261 e. The van der Waals surface area contributed by atoms with Gasteiger partial charge in [-0.25, -0.2) is 0 Å². The Balaban J connectivity index is 2.28. The van der Waals surface area contributed by atoms with Crippen molar-refractivity contribution < 1.29 is 14.8 Å². The van der Waals surface area contributed by atoms with E-state index in [4.69, 9.17) is 4.74 Å². The van der Waals surface area contributed by atoms with Crippen molar-refractivity contribution in [2.45, 2.75) is 6.61 Å². The molecule has 0 atom stereocenters. The van der Waals surface area contributed by atoms with Crippen LogP contribution in [0.4, 0.5) is 0 Å². The number of ether oxygens (including phenoxy) is 1. The minimum atomic E-state index is 0.226. The average Bonchev–Trinajstić information content (AvgIpc) is 2.81. The molecule has 0 aliphatic carbocycles. The molecule has 0 aliphatic heterocycles. The first-order valence-electron chi connectivity index (χ1n) is 6.90. The zero-order valence-electron chi connectivity index (χ0n) is 12.1. The molecule has 2 aromatic carbocycles. The van der Waals surface area contributed by atoms with Crippen molar-refractivity contribution >= 4 is 0 Å². The smallest absolute Gasteiger partial charge is 0.261 e. The molecule has 1 aromatic heterocycles. The molecule has 0 spiro atoms. The molecule has 5 nitrogen and oxygen atoms in total. The summed E-state index contributed by atoms with van der Waals surface area (Å²) < 4.78 is 5.24. The van der Waals surface area contributed by atoms with Crippen LogP contribution in [0.2, 0.25) is 0 Å². The summed E-state index contributed by atoms with van der Waals surface area (Å²) in [7, 11) is 1.56. The topological polar surface area (TPSA) is 61.3 Å². The molecule has 0 amide bonds. The van der Waals surface area contributed by atoms with Gasteiger partial charge in [-0.3, -0.25) is 0 Å². The molecule has 112 valence electrons. The molecule has 3 aromatic rings. The minimum Gasteiger partial charge on any atom is -0.593 e. The Morgan fingerprint density at radius 1 is 1.00 bits per heavy atom. The third kappa shape index (κ3) is 2.31. The standard InChI is InChI=1S/C17H16N2O3/c1-22-12-15-16(13-8-4-2-5-9-13)18(20)19(21)17(15)14-10-6-3-7-11-14/h2-11,20H,12H2,1H3. The van der Waals surface area contributed by atoms with Crippen LogP contribution in [-0.2, 0) is 11.3 Å². The predicted molar refractivity (Wildman–Crippen MR) is 82.2 cm³/mol. The second-order valence-corrected chi connectivity index (χ2v) is 4.90. The van der Waals surface area contributed by atoms with Gasteiger partial charge in [-0.2, -0.15) is 0 Å². The first kappa shape index (κ1) is 14.2. The van der Waals surface area contributed by atoms with Crippen LogP contribution in [0.1, 0.15) is 5.56 Å². The van der Waals surface area contributed by atoms with E-state index in [1.807, 2.05) is 60.7 Å². The summed E-state index contributed by atoms with van der Waals surface area (Å²) in [6.07, 6.45) is 0. The fourth-order valence-electron chi connectivity index (χ4n) is 2.58. The van der Waals surface area contributed by atoms with Gasteiger partial charge in [0.25, 0.3) is 5.69 Å². The summed E-state index contributed by atoms with van der Waals surface area (Å²) >= 11 is 0. The fraction of sp³-hybridized carbons (Fsp3) is 0.118. The van der Waals surface area contributed by atoms with Gasteiger partial charge < -0.3 is 15.2 Å². The number of hydrogen-bond acceptors (Lipinski definition) is 3. The lowest BCUT2D eigenvalue weighted by Gasteiger charge is -2.02. The Morgan fingerprint density at radius 2 is 1.55 bits per heavy atom. The second kappa shape index (κ2) is 5.91. The van der Waals surface area contributed by atoms with Crippen molar-refractivity contribution in [3.8, 4) is 22.5 Å². The number of methoxy groups -OCH3 is 1. The van der Waals surface area contributed by atoms with Gasteiger partial charge >= 0.3 is 0 Å². The molecule has 1 N–H and O–H groups in total. The van der Waals surface area contributed by atoms with E-state index in [9.17, 15) is 10.4 Å². The van der Waals surface area contributed by atoms with Crippen LogP contribution >= 0.6 is 0 Å². The van der Waals surface area contributed by atoms with Gasteiger partial charge in [0.05, 0.1) is 17.7 Å². The van der Waals surface area contributed by atoms with Crippen molar-refractivity contribution in [3.63, 3.8) is 0 Å². The van der Waals surface area contributed by atoms with Crippen LogP contribution in [0.25, 0.3) is 22.5 Å². The van der Waals surface area contributed by atoms with Crippen molar-refractivity contribution in [1.82, 2.24) is 4.85 Å². The zero-order chi connectivity index (χ0) is 15.5. The molecular weight excluding hydrogens is 280 g/mol. The molecule has 0 fully saturated rings. The molecule has 1 heterocycles. The van der Waals surface area contributed by atoms with Crippen molar-refractivity contribution in [2.75, 3.05) is 7.11 Å². The average molecular weight is 296 g/mol. The first-order valence-corrected chi connectivity index (χ1v) is 6.90. The van der Waals surface area contributed by atoms with E-state index >= 15 is 0 Å². The van der Waals surface area contributed by atoms with Gasteiger partial charge in [0, 0.05) is 17.5 Å². The molecule has 22 heavy (non-hydrogen) atoms. The molecule has 0 bridgehead atoms. The van der Waals surface area contributed by atoms with E-state index in [-0.39, 0.29) is 6.61 Å². The zero-order valence-corrected chi connectivity index (χ0v) is 12.1. The minimum absolute atomic E-state index is 0.226. The largest absolute Gasteiger partial charge is 0.593 e. The lowest BCUT2D eigenvalue weighted by Crippen LogP contribution is -2.38. The van der Waals surface area contributed by atoms with E-state index in [1.54, 1.807) is 7.11 Å². The molecule has 0 unspecified atom stereocenters. The van der Waals surface area contributed by atoms with E-state index < -0.39 is 0 Å². The number of nitrogens with zero attached hydrogens (tertiary/aromatic N) is 2. The van der Waals surface area contributed by atoms with Crippen LogP contribution < -0.4 is 4.85 Å². The lowest BCUT2D eigenvalue weighted by atomic mass is 10.0. The van der Waals surface area contributed by atoms with Crippen molar-refractivity contribution in [1.29, 1.82) is 0 Å². The Hall–Kier alpha value is -2.79. The number of aromatic nitrogens is 2. The Bertz CT molecular complexity index is 705. The van der Waals surface area contributed by atoms with Crippen LogP contribution in [0, 0.1) is 5.21 Å². The van der Waals surface area contributed by atoms with Gasteiger partial charge in [-0.1, -0.05) is 48.5 Å². The second-order valence-electron chi connectivity index (χ2n) is 4.90. The number of hydrogen-bond donors (Lipinski definition) is 1. The third-order valence-electron chi connectivity index (χ3n) is 3.52. The Labute approximate surface area is 128 Å². The van der Waals surface area contributed by atoms with E-state index in [0.29, 0.717) is 26.6 Å². The van der Waals surface area contributed by atoms with Crippen LogP contribution in [-0.4, -0.2) is 17.2 Å². The lowest BCUT2D eigenvalue weighted by molar-refractivity contribution is -0.714. The number of benzene rings is 2. The SMILES string of the molecule is COCc1c(-c2ccccc2)n(O)[n+]([O-])c1-c1ccccc1. The normalized spacial score (nSPS) is 10.8. The van der Waals surface area contributed by atoms with Crippen LogP contribution in [0.3, 0.4) is 0 Å². The summed E-state index contributed by atoms with van der Waals surface area (Å²) in [5.74, 6) is 0. The summed E-state index contributed by atoms with van der Waals surface area (Å²) in [5.41, 5.74) is 2.97. The maximum atomic E-state index is 12.4. The first-order chi connectivity index (χ1) is 10.7. The predicted octanol–water partition coefficient (Wildman–Crippen LogP) is 2.84. The number of rotatable bonds is 4. The monoisotopic (exact) mass is 296 g/mol. The molecular formula is C17H16N2O3. The summed E-state index contributed by atoms with van der Waals surface area (Å²) in [5, 5.41) is 22.7. The third-order valence-corrected chi connectivity index (χ3v) is 3.52. The fourth-order valence-corrected chi connectivity index (χ4v) is 2.58. The highest BCUT2D eigenvalue weighted by molar-refractivity contribution is 5.72. The van der Waals surface area contributed by atoms with Crippen molar-refractivity contribution in [3.05, 3.63) is 71.4 Å². The highest BCUT2D eigenvalue weighted by atomic mass is 16.6. The molecule has 0 radical (unpaired) electrons. The summed E-state index contributed by atoms with van der Waals surface area (Å²) in [6, 6.07) is 18.5. The molecule has 0 saturated carbocycles.